The molecule has 1 rings (SSSR count). The fourth-order valence-corrected chi connectivity index (χ4v) is 2.26. The van der Waals surface area contributed by atoms with Crippen molar-refractivity contribution in [2.45, 2.75) is 32.2 Å². The second kappa shape index (κ2) is 9.10. The van der Waals surface area contributed by atoms with Gasteiger partial charge >= 0.3 is 0 Å². The Morgan fingerprint density at radius 1 is 1.37 bits per heavy atom. The molecule has 1 aromatic carbocycles. The van der Waals surface area contributed by atoms with E-state index in [-0.39, 0.29) is 6.04 Å². The molecule has 0 amide bonds. The first-order chi connectivity index (χ1) is 9.22. The van der Waals surface area contributed by atoms with Crippen molar-refractivity contribution >= 4 is 11.8 Å². The lowest BCUT2D eigenvalue weighted by atomic mass is 10.0. The van der Waals surface area contributed by atoms with E-state index in [1.165, 1.54) is 0 Å². The van der Waals surface area contributed by atoms with Gasteiger partial charge in [0, 0.05) is 6.04 Å². The predicted molar refractivity (Wildman–Crippen MR) is 83.5 cm³/mol. The quantitative estimate of drug-likeness (QED) is 0.707. The molecule has 0 saturated heterocycles. The maximum atomic E-state index is 6.04. The van der Waals surface area contributed by atoms with Crippen LogP contribution in [0.3, 0.4) is 0 Å². The molecule has 0 aliphatic rings. The number of para-hydroxylation sites is 1. The van der Waals surface area contributed by atoms with E-state index in [0.29, 0.717) is 0 Å². The molecular formula is C15H25NO2S. The number of hydrogen-bond donors (Lipinski definition) is 1. The van der Waals surface area contributed by atoms with E-state index in [4.69, 9.17) is 15.2 Å². The van der Waals surface area contributed by atoms with Crippen molar-refractivity contribution in [3.05, 3.63) is 23.8 Å². The Morgan fingerprint density at radius 3 is 2.79 bits per heavy atom. The van der Waals surface area contributed by atoms with Crippen molar-refractivity contribution in [2.75, 3.05) is 25.7 Å². The molecule has 0 bridgehead atoms. The molecule has 0 aliphatic carbocycles. The van der Waals surface area contributed by atoms with Gasteiger partial charge in [0.15, 0.2) is 11.5 Å². The third kappa shape index (κ3) is 5.33. The molecule has 108 valence electrons. The number of nitrogens with two attached hydrogens (primary N) is 1. The summed E-state index contributed by atoms with van der Waals surface area (Å²) in [6.45, 7) is 2.82. The van der Waals surface area contributed by atoms with Crippen LogP contribution >= 0.6 is 11.8 Å². The minimum atomic E-state index is 0.167. The van der Waals surface area contributed by atoms with Crippen LogP contribution < -0.4 is 15.2 Å². The van der Waals surface area contributed by atoms with Gasteiger partial charge in [-0.05, 0) is 42.9 Å². The number of hydrogen-bond acceptors (Lipinski definition) is 4. The molecule has 2 N–H and O–H groups in total. The molecule has 0 heterocycles. The van der Waals surface area contributed by atoms with E-state index >= 15 is 0 Å². The maximum Gasteiger partial charge on any atom is 0.164 e. The van der Waals surface area contributed by atoms with E-state index < -0.39 is 0 Å². The van der Waals surface area contributed by atoms with Crippen LogP contribution in [0.25, 0.3) is 0 Å². The maximum absolute atomic E-state index is 6.04. The molecular weight excluding hydrogens is 258 g/mol. The van der Waals surface area contributed by atoms with Crippen molar-refractivity contribution in [3.63, 3.8) is 0 Å². The molecule has 0 fully saturated rings. The standard InChI is InChI=1S/C15H25NO2S/c1-4-13(16)11-12-7-5-8-14(17-2)15(12)18-9-6-10-19-3/h5,7-8,13H,4,6,9-11,16H2,1-3H3. The molecule has 0 radical (unpaired) electrons. The lowest BCUT2D eigenvalue weighted by Gasteiger charge is -2.17. The Labute approximate surface area is 120 Å². The van der Waals surface area contributed by atoms with Gasteiger partial charge in [-0.2, -0.15) is 11.8 Å². The Kier molecular flexibility index (Phi) is 7.75. The first kappa shape index (κ1) is 16.2. The normalized spacial score (nSPS) is 12.2. The summed E-state index contributed by atoms with van der Waals surface area (Å²) >= 11 is 1.83. The fourth-order valence-electron chi connectivity index (χ4n) is 1.85. The number of benzene rings is 1. The molecule has 0 spiro atoms. The van der Waals surface area contributed by atoms with Gasteiger partial charge in [-0.25, -0.2) is 0 Å². The number of methoxy groups -OCH3 is 1. The third-order valence-electron chi connectivity index (χ3n) is 3.03. The summed E-state index contributed by atoms with van der Waals surface area (Å²) in [6, 6.07) is 6.17. The second-order valence-electron chi connectivity index (χ2n) is 4.52. The fraction of sp³-hybridized carbons (Fsp3) is 0.600. The van der Waals surface area contributed by atoms with Crippen LogP contribution in [0.2, 0.25) is 0 Å². The predicted octanol–water partition coefficient (Wildman–Crippen LogP) is 3.11. The highest BCUT2D eigenvalue weighted by molar-refractivity contribution is 7.98. The Hall–Kier alpha value is -0.870. The molecule has 0 aromatic heterocycles. The SMILES string of the molecule is CCC(N)Cc1cccc(OC)c1OCCCSC. The molecule has 3 nitrogen and oxygen atoms in total. The molecule has 0 saturated carbocycles. The van der Waals surface area contributed by atoms with E-state index in [2.05, 4.69) is 19.2 Å². The van der Waals surface area contributed by atoms with E-state index in [0.717, 1.165) is 48.7 Å². The summed E-state index contributed by atoms with van der Waals surface area (Å²) in [5.74, 6) is 2.76. The summed E-state index contributed by atoms with van der Waals surface area (Å²) in [4.78, 5) is 0. The summed E-state index contributed by atoms with van der Waals surface area (Å²) in [5.41, 5.74) is 7.18. The average Bonchev–Trinajstić information content (AvgIpc) is 2.44. The Bertz CT molecular complexity index is 371. The first-order valence-corrected chi connectivity index (χ1v) is 8.15. The highest BCUT2D eigenvalue weighted by Crippen LogP contribution is 2.32. The van der Waals surface area contributed by atoms with Gasteiger partial charge in [0.25, 0.3) is 0 Å². The second-order valence-corrected chi connectivity index (χ2v) is 5.50. The van der Waals surface area contributed by atoms with Gasteiger partial charge < -0.3 is 15.2 Å². The van der Waals surface area contributed by atoms with Crippen LogP contribution in [-0.4, -0.2) is 31.8 Å². The van der Waals surface area contributed by atoms with Crippen molar-refractivity contribution < 1.29 is 9.47 Å². The monoisotopic (exact) mass is 283 g/mol. The van der Waals surface area contributed by atoms with Crippen molar-refractivity contribution in [2.24, 2.45) is 5.73 Å². The van der Waals surface area contributed by atoms with Crippen LogP contribution in [0.5, 0.6) is 11.5 Å². The molecule has 0 aliphatic heterocycles. The third-order valence-corrected chi connectivity index (χ3v) is 3.72. The first-order valence-electron chi connectivity index (χ1n) is 6.76. The topological polar surface area (TPSA) is 44.5 Å². The lowest BCUT2D eigenvalue weighted by molar-refractivity contribution is 0.291. The van der Waals surface area contributed by atoms with Crippen LogP contribution in [0.1, 0.15) is 25.3 Å². The molecule has 1 atom stereocenters. The van der Waals surface area contributed by atoms with Gasteiger partial charge in [-0.15, -0.1) is 0 Å². The van der Waals surface area contributed by atoms with Gasteiger partial charge in [0.2, 0.25) is 0 Å². The highest BCUT2D eigenvalue weighted by Gasteiger charge is 2.12. The Balaban J connectivity index is 2.77. The minimum Gasteiger partial charge on any atom is -0.493 e. The summed E-state index contributed by atoms with van der Waals surface area (Å²) in [5, 5.41) is 0. The largest absolute Gasteiger partial charge is 0.493 e. The molecule has 1 aromatic rings. The molecule has 1 unspecified atom stereocenters. The number of ether oxygens (including phenoxy) is 2. The molecule has 19 heavy (non-hydrogen) atoms. The zero-order chi connectivity index (χ0) is 14.1. The van der Waals surface area contributed by atoms with Crippen LogP contribution in [-0.2, 0) is 6.42 Å². The van der Waals surface area contributed by atoms with Crippen LogP contribution in [0.15, 0.2) is 18.2 Å². The molecule has 4 heteroatoms. The van der Waals surface area contributed by atoms with Gasteiger partial charge in [-0.1, -0.05) is 19.1 Å². The zero-order valence-electron chi connectivity index (χ0n) is 12.1. The van der Waals surface area contributed by atoms with E-state index in [1.807, 2.05) is 23.9 Å². The van der Waals surface area contributed by atoms with E-state index in [1.54, 1.807) is 7.11 Å². The van der Waals surface area contributed by atoms with Crippen molar-refractivity contribution in [1.29, 1.82) is 0 Å². The van der Waals surface area contributed by atoms with E-state index in [9.17, 15) is 0 Å². The van der Waals surface area contributed by atoms with Gasteiger partial charge in [0.05, 0.1) is 13.7 Å². The smallest absolute Gasteiger partial charge is 0.164 e. The average molecular weight is 283 g/mol. The Morgan fingerprint density at radius 2 is 2.16 bits per heavy atom. The van der Waals surface area contributed by atoms with Crippen LogP contribution in [0.4, 0.5) is 0 Å². The minimum absolute atomic E-state index is 0.167. The highest BCUT2D eigenvalue weighted by atomic mass is 32.2. The summed E-state index contributed by atoms with van der Waals surface area (Å²) < 4.78 is 11.3. The zero-order valence-corrected chi connectivity index (χ0v) is 13.0. The summed E-state index contributed by atoms with van der Waals surface area (Å²) in [7, 11) is 1.67. The van der Waals surface area contributed by atoms with Gasteiger partial charge in [0.1, 0.15) is 0 Å². The summed E-state index contributed by atoms with van der Waals surface area (Å²) in [6.07, 6.45) is 4.93. The van der Waals surface area contributed by atoms with Crippen molar-refractivity contribution in [1.82, 2.24) is 0 Å². The number of thioether (sulfide) groups is 1. The van der Waals surface area contributed by atoms with Crippen molar-refractivity contribution in [3.8, 4) is 11.5 Å². The van der Waals surface area contributed by atoms with Gasteiger partial charge in [-0.3, -0.25) is 0 Å². The number of rotatable bonds is 9. The lowest BCUT2D eigenvalue weighted by Crippen LogP contribution is -2.22. The van der Waals surface area contributed by atoms with Crippen LogP contribution in [0, 0.1) is 0 Å².